The van der Waals surface area contributed by atoms with Crippen LogP contribution in [0.5, 0.6) is 0 Å². The number of hydrogen-bond donors (Lipinski definition) is 1. The SMILES string of the molecule is CCn1cc(C(N)C2(N3CCCC3)CCCC2)cn1. The van der Waals surface area contributed by atoms with Gasteiger partial charge in [-0.15, -0.1) is 0 Å². The fourth-order valence-corrected chi connectivity index (χ4v) is 4.00. The third kappa shape index (κ3) is 2.21. The molecule has 1 saturated heterocycles. The summed E-state index contributed by atoms with van der Waals surface area (Å²) in [7, 11) is 0. The van der Waals surface area contributed by atoms with Crippen molar-refractivity contribution in [1.29, 1.82) is 0 Å². The van der Waals surface area contributed by atoms with Crippen LogP contribution in [0.15, 0.2) is 12.4 Å². The van der Waals surface area contributed by atoms with Gasteiger partial charge >= 0.3 is 0 Å². The summed E-state index contributed by atoms with van der Waals surface area (Å²) in [5.74, 6) is 0. The quantitative estimate of drug-likeness (QED) is 0.906. The zero-order valence-electron chi connectivity index (χ0n) is 12.0. The lowest BCUT2D eigenvalue weighted by atomic mass is 9.84. The molecule has 1 aromatic rings. The highest BCUT2D eigenvalue weighted by atomic mass is 15.3. The number of aromatic nitrogens is 2. The maximum atomic E-state index is 6.69. The molecule has 2 heterocycles. The summed E-state index contributed by atoms with van der Waals surface area (Å²) in [4.78, 5) is 2.67. The molecule has 0 spiro atoms. The zero-order chi connectivity index (χ0) is 13.3. The van der Waals surface area contributed by atoms with E-state index in [-0.39, 0.29) is 11.6 Å². The molecule has 2 aliphatic rings. The molecule has 0 amide bonds. The van der Waals surface area contributed by atoms with Crippen molar-refractivity contribution in [2.24, 2.45) is 5.73 Å². The van der Waals surface area contributed by atoms with Crippen molar-refractivity contribution in [2.45, 2.75) is 63.6 Å². The molecule has 1 unspecified atom stereocenters. The summed E-state index contributed by atoms with van der Waals surface area (Å²) in [6.07, 6.45) is 12.0. The molecular formula is C15H26N4. The van der Waals surface area contributed by atoms with Crippen LogP contribution >= 0.6 is 0 Å². The first-order chi connectivity index (χ1) is 9.26. The van der Waals surface area contributed by atoms with E-state index in [0.717, 1.165) is 6.54 Å². The van der Waals surface area contributed by atoms with Gasteiger partial charge in [0.05, 0.1) is 12.2 Å². The van der Waals surface area contributed by atoms with E-state index < -0.39 is 0 Å². The van der Waals surface area contributed by atoms with E-state index in [9.17, 15) is 0 Å². The number of nitrogens with zero attached hydrogens (tertiary/aromatic N) is 3. The molecule has 4 heteroatoms. The second-order valence-corrected chi connectivity index (χ2v) is 6.11. The highest BCUT2D eigenvalue weighted by Gasteiger charge is 2.46. The average Bonchev–Trinajstić information content (AvgIpc) is 3.17. The summed E-state index contributed by atoms with van der Waals surface area (Å²) in [5, 5.41) is 4.40. The molecular weight excluding hydrogens is 236 g/mol. The lowest BCUT2D eigenvalue weighted by Crippen LogP contribution is -2.52. The van der Waals surface area contributed by atoms with E-state index in [1.54, 1.807) is 0 Å². The fraction of sp³-hybridized carbons (Fsp3) is 0.800. The van der Waals surface area contributed by atoms with Crippen molar-refractivity contribution >= 4 is 0 Å². The maximum Gasteiger partial charge on any atom is 0.0538 e. The van der Waals surface area contributed by atoms with Crippen LogP contribution in [0.1, 0.15) is 57.1 Å². The molecule has 0 bridgehead atoms. The predicted molar refractivity (Wildman–Crippen MR) is 76.8 cm³/mol. The van der Waals surface area contributed by atoms with E-state index in [0.29, 0.717) is 0 Å². The maximum absolute atomic E-state index is 6.69. The van der Waals surface area contributed by atoms with Crippen LogP contribution in [0.25, 0.3) is 0 Å². The Bertz CT molecular complexity index is 414. The van der Waals surface area contributed by atoms with Gasteiger partial charge in [-0.1, -0.05) is 12.8 Å². The standard InChI is InChI=1S/C15H26N4/c1-2-19-12-13(11-17-19)14(16)15(7-3-4-8-15)18-9-5-6-10-18/h11-12,14H,2-10,16H2,1H3. The number of likely N-dealkylation sites (tertiary alicyclic amines) is 1. The summed E-state index contributed by atoms with van der Waals surface area (Å²) in [6, 6.07) is 0.119. The van der Waals surface area contributed by atoms with Crippen LogP contribution in [0.2, 0.25) is 0 Å². The van der Waals surface area contributed by atoms with Gasteiger partial charge in [0.15, 0.2) is 0 Å². The van der Waals surface area contributed by atoms with E-state index in [4.69, 9.17) is 5.73 Å². The van der Waals surface area contributed by atoms with Crippen LogP contribution in [0.3, 0.4) is 0 Å². The largest absolute Gasteiger partial charge is 0.322 e. The van der Waals surface area contributed by atoms with Gasteiger partial charge in [-0.2, -0.15) is 5.10 Å². The van der Waals surface area contributed by atoms with Crippen LogP contribution in [-0.2, 0) is 6.54 Å². The summed E-state index contributed by atoms with van der Waals surface area (Å²) >= 11 is 0. The molecule has 3 rings (SSSR count). The first-order valence-corrected chi connectivity index (χ1v) is 7.79. The highest BCUT2D eigenvalue weighted by Crippen LogP contribution is 2.44. The molecule has 4 nitrogen and oxygen atoms in total. The van der Waals surface area contributed by atoms with Gasteiger partial charge < -0.3 is 5.73 Å². The molecule has 19 heavy (non-hydrogen) atoms. The van der Waals surface area contributed by atoms with Crippen molar-refractivity contribution in [1.82, 2.24) is 14.7 Å². The van der Waals surface area contributed by atoms with Gasteiger partial charge in [-0.25, -0.2) is 0 Å². The van der Waals surface area contributed by atoms with Crippen molar-refractivity contribution in [2.75, 3.05) is 13.1 Å². The van der Waals surface area contributed by atoms with Crippen LogP contribution in [0, 0.1) is 0 Å². The van der Waals surface area contributed by atoms with Gasteiger partial charge in [-0.3, -0.25) is 9.58 Å². The molecule has 2 fully saturated rings. The first kappa shape index (κ1) is 13.1. The molecule has 1 aliphatic heterocycles. The fourth-order valence-electron chi connectivity index (χ4n) is 4.00. The predicted octanol–water partition coefficient (Wildman–Crippen LogP) is 2.31. The minimum Gasteiger partial charge on any atom is -0.322 e. The third-order valence-corrected chi connectivity index (χ3v) is 5.12. The minimum absolute atomic E-state index is 0.119. The topological polar surface area (TPSA) is 47.1 Å². The van der Waals surface area contributed by atoms with Crippen LogP contribution in [0.4, 0.5) is 0 Å². The van der Waals surface area contributed by atoms with Gasteiger partial charge in [0.1, 0.15) is 0 Å². The second kappa shape index (κ2) is 5.25. The first-order valence-electron chi connectivity index (χ1n) is 7.79. The van der Waals surface area contributed by atoms with E-state index in [1.807, 2.05) is 10.9 Å². The lowest BCUT2D eigenvalue weighted by molar-refractivity contribution is 0.0921. The zero-order valence-corrected chi connectivity index (χ0v) is 12.0. The van der Waals surface area contributed by atoms with Gasteiger partial charge in [-0.05, 0) is 45.7 Å². The summed E-state index contributed by atoms with van der Waals surface area (Å²) in [5.41, 5.74) is 8.11. The number of aryl methyl sites for hydroxylation is 1. The molecule has 1 atom stereocenters. The van der Waals surface area contributed by atoms with E-state index in [2.05, 4.69) is 23.1 Å². The third-order valence-electron chi connectivity index (χ3n) is 5.12. The lowest BCUT2D eigenvalue weighted by Gasteiger charge is -2.43. The summed E-state index contributed by atoms with van der Waals surface area (Å²) < 4.78 is 1.99. The van der Waals surface area contributed by atoms with Crippen molar-refractivity contribution in [3.05, 3.63) is 18.0 Å². The molecule has 0 aromatic carbocycles. The molecule has 0 radical (unpaired) electrons. The number of nitrogens with two attached hydrogens (primary N) is 1. The monoisotopic (exact) mass is 262 g/mol. The molecule has 1 saturated carbocycles. The van der Waals surface area contributed by atoms with Crippen LogP contribution in [-0.4, -0.2) is 33.3 Å². The highest BCUT2D eigenvalue weighted by molar-refractivity contribution is 5.19. The normalized spacial score (nSPS) is 24.9. The number of hydrogen-bond acceptors (Lipinski definition) is 3. The Morgan fingerprint density at radius 3 is 2.53 bits per heavy atom. The van der Waals surface area contributed by atoms with Crippen molar-refractivity contribution in [3.63, 3.8) is 0 Å². The Labute approximate surface area is 116 Å². The Hall–Kier alpha value is -0.870. The smallest absolute Gasteiger partial charge is 0.0538 e. The molecule has 106 valence electrons. The Kier molecular flexibility index (Phi) is 3.63. The van der Waals surface area contributed by atoms with Crippen molar-refractivity contribution < 1.29 is 0 Å². The van der Waals surface area contributed by atoms with E-state index in [1.165, 1.54) is 57.2 Å². The second-order valence-electron chi connectivity index (χ2n) is 6.11. The van der Waals surface area contributed by atoms with E-state index >= 15 is 0 Å². The van der Waals surface area contributed by atoms with Crippen molar-refractivity contribution in [3.8, 4) is 0 Å². The Balaban J connectivity index is 1.86. The van der Waals surface area contributed by atoms with Gasteiger partial charge in [0, 0.05) is 23.8 Å². The van der Waals surface area contributed by atoms with Gasteiger partial charge in [0.25, 0.3) is 0 Å². The van der Waals surface area contributed by atoms with Crippen LogP contribution < -0.4 is 5.73 Å². The number of rotatable bonds is 4. The molecule has 1 aliphatic carbocycles. The minimum atomic E-state index is 0.119. The Morgan fingerprint density at radius 2 is 1.95 bits per heavy atom. The molecule has 1 aromatic heterocycles. The van der Waals surface area contributed by atoms with Gasteiger partial charge in [0.2, 0.25) is 0 Å². The summed E-state index contributed by atoms with van der Waals surface area (Å²) in [6.45, 7) is 5.50. The molecule has 2 N–H and O–H groups in total. The Morgan fingerprint density at radius 1 is 1.26 bits per heavy atom. The average molecular weight is 262 g/mol.